The number of hydrogen-bond donors (Lipinski definition) is 0. The van der Waals surface area contributed by atoms with Crippen molar-refractivity contribution in [1.82, 2.24) is 0 Å². The van der Waals surface area contributed by atoms with Crippen molar-refractivity contribution in [3.8, 4) is 0 Å². The highest BCUT2D eigenvalue weighted by atomic mass is 16.3. The number of ketones is 2. The summed E-state index contributed by atoms with van der Waals surface area (Å²) < 4.78 is 4.99. The van der Waals surface area contributed by atoms with E-state index in [9.17, 15) is 9.59 Å². The Morgan fingerprint density at radius 1 is 1.36 bits per heavy atom. The second kappa shape index (κ2) is 3.78. The summed E-state index contributed by atoms with van der Waals surface area (Å²) in [6.45, 7) is 5.19. The lowest BCUT2D eigenvalue weighted by Crippen LogP contribution is -2.29. The molecule has 0 aromatic carbocycles. The van der Waals surface area contributed by atoms with Crippen molar-refractivity contribution in [3.05, 3.63) is 24.2 Å². The average molecular weight is 194 g/mol. The minimum Gasteiger partial charge on any atom is -0.469 e. The van der Waals surface area contributed by atoms with E-state index >= 15 is 0 Å². The van der Waals surface area contributed by atoms with E-state index in [4.69, 9.17) is 4.42 Å². The topological polar surface area (TPSA) is 47.3 Å². The molecule has 0 spiro atoms. The van der Waals surface area contributed by atoms with E-state index < -0.39 is 11.2 Å². The molecule has 14 heavy (non-hydrogen) atoms. The highest BCUT2D eigenvalue weighted by Gasteiger charge is 2.28. The number of carbonyl (C=O) groups is 2. The van der Waals surface area contributed by atoms with E-state index in [0.29, 0.717) is 5.76 Å². The van der Waals surface area contributed by atoms with Crippen molar-refractivity contribution < 1.29 is 14.0 Å². The van der Waals surface area contributed by atoms with Gasteiger partial charge in [-0.25, -0.2) is 0 Å². The summed E-state index contributed by atoms with van der Waals surface area (Å²) in [5.74, 6) is -0.214. The van der Waals surface area contributed by atoms with E-state index in [2.05, 4.69) is 0 Å². The maximum Gasteiger partial charge on any atom is 0.206 e. The molecule has 3 nitrogen and oxygen atoms in total. The van der Waals surface area contributed by atoms with E-state index in [1.54, 1.807) is 32.9 Å². The summed E-state index contributed by atoms with van der Waals surface area (Å²) in [4.78, 5) is 22.9. The molecule has 1 aromatic rings. The zero-order chi connectivity index (χ0) is 10.8. The summed E-state index contributed by atoms with van der Waals surface area (Å²) in [7, 11) is 0. The van der Waals surface area contributed by atoms with Gasteiger partial charge in [0, 0.05) is 5.41 Å². The Morgan fingerprint density at radius 3 is 2.43 bits per heavy atom. The summed E-state index contributed by atoms with van der Waals surface area (Å²) >= 11 is 0. The molecular formula is C11H14O3. The smallest absolute Gasteiger partial charge is 0.206 e. The number of Topliss-reactive ketones (excluding diaryl/α,β-unsaturated/α-hetero) is 2. The van der Waals surface area contributed by atoms with Gasteiger partial charge in [0.25, 0.3) is 0 Å². The molecule has 0 aliphatic carbocycles. The fourth-order valence-corrected chi connectivity index (χ4v) is 1.07. The van der Waals surface area contributed by atoms with Crippen LogP contribution < -0.4 is 0 Å². The van der Waals surface area contributed by atoms with Crippen LogP contribution in [0, 0.1) is 5.41 Å². The Bertz CT molecular complexity index is 328. The van der Waals surface area contributed by atoms with Crippen LogP contribution in [0.4, 0.5) is 0 Å². The second-order valence-electron chi connectivity index (χ2n) is 4.26. The molecule has 76 valence electrons. The molecule has 0 aliphatic heterocycles. The number of carbonyl (C=O) groups excluding carboxylic acids is 2. The van der Waals surface area contributed by atoms with Gasteiger partial charge in [0.1, 0.15) is 5.76 Å². The van der Waals surface area contributed by atoms with E-state index in [1.807, 2.05) is 0 Å². The molecule has 0 saturated heterocycles. The van der Waals surface area contributed by atoms with Crippen LogP contribution in [0.3, 0.4) is 0 Å². The second-order valence-corrected chi connectivity index (χ2v) is 4.26. The maximum atomic E-state index is 11.5. The Morgan fingerprint density at radius 2 is 2.00 bits per heavy atom. The average Bonchev–Trinajstić information content (AvgIpc) is 2.53. The van der Waals surface area contributed by atoms with Crippen LogP contribution in [0.2, 0.25) is 0 Å². The summed E-state index contributed by atoms with van der Waals surface area (Å²) in [6.07, 6.45) is 1.55. The number of hydrogen-bond acceptors (Lipinski definition) is 3. The van der Waals surface area contributed by atoms with E-state index in [0.717, 1.165) is 0 Å². The quantitative estimate of drug-likeness (QED) is 0.691. The Labute approximate surface area is 83.1 Å². The SMILES string of the molecule is CC(C)(C)C(=O)C(=O)Cc1ccco1. The van der Waals surface area contributed by atoms with Crippen LogP contribution >= 0.6 is 0 Å². The van der Waals surface area contributed by atoms with Crippen LogP contribution in [0.5, 0.6) is 0 Å². The van der Waals surface area contributed by atoms with Gasteiger partial charge in [-0.2, -0.15) is 0 Å². The normalized spacial score (nSPS) is 11.4. The minimum absolute atomic E-state index is 0.0586. The van der Waals surface area contributed by atoms with Crippen molar-refractivity contribution in [2.75, 3.05) is 0 Å². The third kappa shape index (κ3) is 2.55. The van der Waals surface area contributed by atoms with Gasteiger partial charge in [-0.05, 0) is 12.1 Å². The molecule has 0 saturated carbocycles. The first-order valence-electron chi connectivity index (χ1n) is 4.51. The zero-order valence-corrected chi connectivity index (χ0v) is 8.66. The first kappa shape index (κ1) is 10.7. The third-order valence-corrected chi connectivity index (χ3v) is 1.85. The molecule has 0 fully saturated rings. The predicted molar refractivity (Wildman–Crippen MR) is 51.9 cm³/mol. The van der Waals surface area contributed by atoms with Crippen LogP contribution in [0.1, 0.15) is 26.5 Å². The molecule has 0 unspecified atom stereocenters. The Balaban J connectivity index is 2.64. The lowest BCUT2D eigenvalue weighted by molar-refractivity contribution is -0.141. The highest BCUT2D eigenvalue weighted by molar-refractivity contribution is 6.39. The monoisotopic (exact) mass is 194 g/mol. The number of rotatable bonds is 3. The lowest BCUT2D eigenvalue weighted by atomic mass is 9.87. The summed E-state index contributed by atoms with van der Waals surface area (Å²) in [5, 5.41) is 0. The molecule has 0 N–H and O–H groups in total. The largest absolute Gasteiger partial charge is 0.469 e. The van der Waals surface area contributed by atoms with Gasteiger partial charge in [-0.15, -0.1) is 0 Å². The van der Waals surface area contributed by atoms with Crippen LogP contribution in [0.15, 0.2) is 22.8 Å². The zero-order valence-electron chi connectivity index (χ0n) is 8.66. The molecule has 1 heterocycles. The lowest BCUT2D eigenvalue weighted by Gasteiger charge is -2.14. The fraction of sp³-hybridized carbons (Fsp3) is 0.455. The molecule has 0 radical (unpaired) electrons. The third-order valence-electron chi connectivity index (χ3n) is 1.85. The standard InChI is InChI=1S/C11H14O3/c1-11(2,3)10(13)9(12)7-8-5-4-6-14-8/h4-6H,7H2,1-3H3. The molecule has 0 atom stereocenters. The van der Waals surface area contributed by atoms with Crippen LogP contribution in [0.25, 0.3) is 0 Å². The Hall–Kier alpha value is -1.38. The summed E-state index contributed by atoms with van der Waals surface area (Å²) in [6, 6.07) is 3.39. The van der Waals surface area contributed by atoms with Crippen LogP contribution in [-0.4, -0.2) is 11.6 Å². The molecule has 1 aromatic heterocycles. The maximum absolute atomic E-state index is 11.5. The molecule has 3 heteroatoms. The first-order valence-corrected chi connectivity index (χ1v) is 4.51. The Kier molecular flexibility index (Phi) is 2.89. The molecule has 0 aliphatic rings. The van der Waals surface area contributed by atoms with Gasteiger partial charge in [0.2, 0.25) is 11.6 Å². The molecule has 0 amide bonds. The first-order chi connectivity index (χ1) is 6.41. The van der Waals surface area contributed by atoms with Gasteiger partial charge in [-0.3, -0.25) is 9.59 Å². The minimum atomic E-state index is -0.607. The number of furan rings is 1. The van der Waals surface area contributed by atoms with Crippen molar-refractivity contribution in [2.45, 2.75) is 27.2 Å². The molecule has 0 bridgehead atoms. The van der Waals surface area contributed by atoms with Crippen LogP contribution in [-0.2, 0) is 16.0 Å². The van der Waals surface area contributed by atoms with Gasteiger partial charge in [0.05, 0.1) is 12.7 Å². The van der Waals surface area contributed by atoms with Gasteiger partial charge >= 0.3 is 0 Å². The highest BCUT2D eigenvalue weighted by Crippen LogP contribution is 2.16. The predicted octanol–water partition coefficient (Wildman–Crippen LogP) is 2.01. The van der Waals surface area contributed by atoms with Gasteiger partial charge in [0.15, 0.2) is 0 Å². The van der Waals surface area contributed by atoms with E-state index in [-0.39, 0.29) is 12.2 Å². The van der Waals surface area contributed by atoms with Gasteiger partial charge in [-0.1, -0.05) is 20.8 Å². The fourth-order valence-electron chi connectivity index (χ4n) is 1.07. The van der Waals surface area contributed by atoms with E-state index in [1.165, 1.54) is 6.26 Å². The molecular weight excluding hydrogens is 180 g/mol. The molecule has 1 rings (SSSR count). The van der Waals surface area contributed by atoms with Crippen molar-refractivity contribution in [3.63, 3.8) is 0 Å². The van der Waals surface area contributed by atoms with Crippen molar-refractivity contribution in [2.24, 2.45) is 5.41 Å². The van der Waals surface area contributed by atoms with Gasteiger partial charge < -0.3 is 4.42 Å². The van der Waals surface area contributed by atoms with Crippen molar-refractivity contribution in [1.29, 1.82) is 0 Å². The van der Waals surface area contributed by atoms with Crippen molar-refractivity contribution >= 4 is 11.6 Å². The summed E-state index contributed by atoms with van der Waals surface area (Å²) in [5.41, 5.74) is -0.607.